The molecule has 4 N–H and O–H groups in total. The summed E-state index contributed by atoms with van der Waals surface area (Å²) in [5.41, 5.74) is 4.37. The first-order chi connectivity index (χ1) is 7.11. The number of aromatic hydroxyl groups is 1. The molecular weight excluding hydrogens is 198 g/mol. The summed E-state index contributed by atoms with van der Waals surface area (Å²) >= 11 is 0. The van der Waals surface area contributed by atoms with Gasteiger partial charge < -0.3 is 10.8 Å². The molecule has 15 heavy (non-hydrogen) atoms. The Hall–Kier alpha value is -2.37. The van der Waals surface area contributed by atoms with Gasteiger partial charge in [0.05, 0.1) is 10.9 Å². The summed E-state index contributed by atoms with van der Waals surface area (Å²) in [5, 5.41) is 15.4. The van der Waals surface area contributed by atoms with Crippen LogP contribution in [-0.2, 0) is 0 Å². The predicted molar refractivity (Wildman–Crippen MR) is 52.5 cm³/mol. The van der Waals surface area contributed by atoms with E-state index in [1.54, 1.807) is 12.1 Å². The molecule has 1 aromatic heterocycles. The van der Waals surface area contributed by atoms with E-state index in [0.717, 1.165) is 0 Å². The number of carbonyl (C=O) groups is 1. The molecule has 2 rings (SSSR count). The van der Waals surface area contributed by atoms with Gasteiger partial charge >= 0.3 is 0 Å². The largest absolute Gasteiger partial charge is 0.507 e. The molecule has 1 amide bonds. The smallest absolute Gasteiger partial charge is 0.277 e. The highest BCUT2D eigenvalue weighted by molar-refractivity contribution is 6.06. The lowest BCUT2D eigenvalue weighted by molar-refractivity contribution is 0.1000. The second-order valence-corrected chi connectivity index (χ2v) is 2.96. The molecule has 0 saturated carbocycles. The third-order valence-corrected chi connectivity index (χ3v) is 2.02. The third kappa shape index (κ3) is 1.32. The van der Waals surface area contributed by atoms with Crippen LogP contribution in [0.3, 0.4) is 0 Å². The quantitative estimate of drug-likeness (QED) is 0.595. The Morgan fingerprint density at radius 2 is 2.20 bits per heavy atom. The second-order valence-electron chi connectivity index (χ2n) is 2.96. The third-order valence-electron chi connectivity index (χ3n) is 2.02. The molecule has 1 heterocycles. The molecule has 0 fully saturated rings. The van der Waals surface area contributed by atoms with E-state index in [0.29, 0.717) is 5.52 Å². The maximum absolute atomic E-state index is 11.3. The molecule has 76 valence electrons. The van der Waals surface area contributed by atoms with Crippen molar-refractivity contribution in [3.63, 3.8) is 0 Å². The molecule has 6 heteroatoms. The van der Waals surface area contributed by atoms with Gasteiger partial charge in [-0.2, -0.15) is 5.10 Å². The first-order valence-electron chi connectivity index (χ1n) is 4.11. The van der Waals surface area contributed by atoms with E-state index in [9.17, 15) is 14.7 Å². The number of phenols is 1. The Labute approximate surface area is 83.3 Å². The molecule has 0 aliphatic rings. The maximum Gasteiger partial charge on any atom is 0.277 e. The Morgan fingerprint density at radius 3 is 2.87 bits per heavy atom. The van der Waals surface area contributed by atoms with E-state index in [4.69, 9.17) is 5.73 Å². The highest BCUT2D eigenvalue weighted by atomic mass is 16.3. The summed E-state index contributed by atoms with van der Waals surface area (Å²) in [5.74, 6) is -1.09. The van der Waals surface area contributed by atoms with Crippen LogP contribution >= 0.6 is 0 Å². The summed E-state index contributed by atoms with van der Waals surface area (Å²) in [6.45, 7) is 0. The van der Waals surface area contributed by atoms with Gasteiger partial charge in [-0.15, -0.1) is 0 Å². The molecule has 0 aliphatic heterocycles. The van der Waals surface area contributed by atoms with Crippen LogP contribution in [-0.4, -0.2) is 21.2 Å². The van der Waals surface area contributed by atoms with Crippen LogP contribution in [0.1, 0.15) is 10.4 Å². The van der Waals surface area contributed by atoms with E-state index < -0.39 is 11.5 Å². The molecule has 6 nitrogen and oxygen atoms in total. The average Bonchev–Trinajstić information content (AvgIpc) is 2.18. The van der Waals surface area contributed by atoms with Crippen LogP contribution in [0, 0.1) is 0 Å². The monoisotopic (exact) mass is 205 g/mol. The number of rotatable bonds is 1. The lowest BCUT2D eigenvalue weighted by Crippen LogP contribution is -2.24. The number of phenolic OH excluding ortho intramolecular Hbond substituents is 1. The summed E-state index contributed by atoms with van der Waals surface area (Å²) < 4.78 is 0. The number of H-pyrrole nitrogens is 1. The minimum Gasteiger partial charge on any atom is -0.507 e. The fraction of sp³-hybridized carbons (Fsp3) is 0. The normalized spacial score (nSPS) is 10.4. The van der Waals surface area contributed by atoms with Gasteiger partial charge in [-0.25, -0.2) is 5.10 Å². The lowest BCUT2D eigenvalue weighted by atomic mass is 10.1. The van der Waals surface area contributed by atoms with Crippen molar-refractivity contribution in [1.82, 2.24) is 10.2 Å². The number of hydrogen-bond donors (Lipinski definition) is 3. The number of aromatic amines is 1. The first-order valence-corrected chi connectivity index (χ1v) is 4.11. The Morgan fingerprint density at radius 1 is 1.47 bits per heavy atom. The van der Waals surface area contributed by atoms with Crippen molar-refractivity contribution in [2.45, 2.75) is 0 Å². The maximum atomic E-state index is 11.3. The molecule has 0 atom stereocenters. The first kappa shape index (κ1) is 9.20. The fourth-order valence-corrected chi connectivity index (χ4v) is 1.39. The van der Waals surface area contributed by atoms with Gasteiger partial charge in [-0.3, -0.25) is 9.59 Å². The van der Waals surface area contributed by atoms with Gasteiger partial charge in [-0.05, 0) is 12.1 Å². The molecule has 0 spiro atoms. The van der Waals surface area contributed by atoms with Gasteiger partial charge in [0.25, 0.3) is 11.5 Å². The number of primary amides is 1. The number of nitrogens with two attached hydrogens (primary N) is 1. The van der Waals surface area contributed by atoms with E-state index in [1.165, 1.54) is 6.07 Å². The van der Waals surface area contributed by atoms with Crippen LogP contribution in [0.25, 0.3) is 10.9 Å². The molecule has 1 aromatic carbocycles. The number of aromatic nitrogens is 2. The average molecular weight is 205 g/mol. The van der Waals surface area contributed by atoms with Crippen molar-refractivity contribution in [1.29, 1.82) is 0 Å². The van der Waals surface area contributed by atoms with Crippen LogP contribution < -0.4 is 11.3 Å². The number of benzene rings is 1. The van der Waals surface area contributed by atoms with Crippen LogP contribution in [0.5, 0.6) is 5.75 Å². The molecule has 0 unspecified atom stereocenters. The van der Waals surface area contributed by atoms with Crippen molar-refractivity contribution in [2.24, 2.45) is 5.73 Å². The summed E-state index contributed by atoms with van der Waals surface area (Å²) in [7, 11) is 0. The van der Waals surface area contributed by atoms with Crippen molar-refractivity contribution < 1.29 is 9.90 Å². The summed E-state index contributed by atoms with van der Waals surface area (Å²) in [6, 6.07) is 4.46. The Kier molecular flexibility index (Phi) is 1.89. The van der Waals surface area contributed by atoms with Crippen LogP contribution in [0.4, 0.5) is 0 Å². The number of hydrogen-bond acceptors (Lipinski definition) is 4. The fourth-order valence-electron chi connectivity index (χ4n) is 1.39. The SMILES string of the molecule is NC(=O)c1c(=O)[nH]nc2cccc(O)c12. The van der Waals surface area contributed by atoms with Crippen molar-refractivity contribution in [3.05, 3.63) is 34.1 Å². The standard InChI is InChI=1S/C9H7N3O3/c10-8(14)7-6-4(11-12-9(7)15)2-1-3-5(6)13/h1-3,13H,(H2,10,14)(H,12,15). The van der Waals surface area contributed by atoms with Gasteiger partial charge in [-0.1, -0.05) is 6.07 Å². The molecule has 2 aromatic rings. The molecule has 0 radical (unpaired) electrons. The van der Waals surface area contributed by atoms with Gasteiger partial charge in [0, 0.05) is 0 Å². The van der Waals surface area contributed by atoms with Gasteiger partial charge in [0.15, 0.2) is 0 Å². The van der Waals surface area contributed by atoms with Gasteiger partial charge in [0.2, 0.25) is 0 Å². The number of carbonyl (C=O) groups excluding carboxylic acids is 1. The summed E-state index contributed by atoms with van der Waals surface area (Å²) in [6.07, 6.45) is 0. The number of nitrogens with one attached hydrogen (secondary N) is 1. The van der Waals surface area contributed by atoms with E-state index >= 15 is 0 Å². The predicted octanol–water partition coefficient (Wildman–Crippen LogP) is -0.272. The van der Waals surface area contributed by atoms with E-state index in [2.05, 4.69) is 10.2 Å². The van der Waals surface area contributed by atoms with Crippen LogP contribution in [0.2, 0.25) is 0 Å². The van der Waals surface area contributed by atoms with Gasteiger partial charge in [0.1, 0.15) is 11.3 Å². The minimum absolute atomic E-state index is 0.0775. The minimum atomic E-state index is -0.898. The topological polar surface area (TPSA) is 109 Å². The number of amides is 1. The zero-order valence-corrected chi connectivity index (χ0v) is 7.52. The number of nitrogens with zero attached hydrogens (tertiary/aromatic N) is 1. The zero-order valence-electron chi connectivity index (χ0n) is 7.52. The van der Waals surface area contributed by atoms with Crippen molar-refractivity contribution in [3.8, 4) is 5.75 Å². The van der Waals surface area contributed by atoms with Crippen molar-refractivity contribution in [2.75, 3.05) is 0 Å². The highest BCUT2D eigenvalue weighted by Gasteiger charge is 2.15. The van der Waals surface area contributed by atoms with E-state index in [-0.39, 0.29) is 16.7 Å². The Balaban J connectivity index is 3.04. The molecule has 0 bridgehead atoms. The second kappa shape index (κ2) is 3.09. The van der Waals surface area contributed by atoms with Crippen molar-refractivity contribution >= 4 is 16.8 Å². The summed E-state index contributed by atoms with van der Waals surface area (Å²) in [4.78, 5) is 22.3. The highest BCUT2D eigenvalue weighted by Crippen LogP contribution is 2.23. The zero-order chi connectivity index (χ0) is 11.0. The Bertz CT molecular complexity index is 603. The molecular formula is C9H7N3O3. The number of fused-ring (bicyclic) bond motifs is 1. The molecule has 0 aliphatic carbocycles. The lowest BCUT2D eigenvalue weighted by Gasteiger charge is -2.02. The van der Waals surface area contributed by atoms with Crippen LogP contribution in [0.15, 0.2) is 23.0 Å². The molecule has 0 saturated heterocycles. The van der Waals surface area contributed by atoms with E-state index in [1.807, 2.05) is 0 Å².